The molecule has 0 radical (unpaired) electrons. The van der Waals surface area contributed by atoms with Crippen molar-refractivity contribution < 1.29 is 9.53 Å². The van der Waals surface area contributed by atoms with Crippen LogP contribution in [0.15, 0.2) is 66.1 Å². The molecule has 170 valence electrons. The van der Waals surface area contributed by atoms with Crippen LogP contribution in [0.2, 0.25) is 0 Å². The average Bonchev–Trinajstić information content (AvgIpc) is 3.61. The van der Waals surface area contributed by atoms with Crippen LogP contribution in [0.3, 0.4) is 0 Å². The van der Waals surface area contributed by atoms with Crippen LogP contribution in [-0.2, 0) is 6.54 Å². The predicted molar refractivity (Wildman–Crippen MR) is 136 cm³/mol. The fourth-order valence-corrected chi connectivity index (χ4v) is 5.97. The van der Waals surface area contributed by atoms with E-state index in [9.17, 15) is 4.79 Å². The number of carbonyl (C=O) groups excluding carboxylic acids is 1. The molecule has 1 N–H and O–H groups in total. The van der Waals surface area contributed by atoms with Gasteiger partial charge in [-0.3, -0.25) is 9.20 Å². The normalized spacial score (nSPS) is 12.8. The van der Waals surface area contributed by atoms with Gasteiger partial charge in [-0.2, -0.15) is 0 Å². The minimum absolute atomic E-state index is 0.135. The highest BCUT2D eigenvalue weighted by Crippen LogP contribution is 2.31. The van der Waals surface area contributed by atoms with Crippen molar-refractivity contribution in [2.45, 2.75) is 18.6 Å². The maximum atomic E-state index is 13.0. The van der Waals surface area contributed by atoms with E-state index >= 15 is 0 Å². The van der Waals surface area contributed by atoms with Crippen LogP contribution in [0.4, 0.5) is 5.69 Å². The van der Waals surface area contributed by atoms with Crippen molar-refractivity contribution in [2.24, 2.45) is 0 Å². The molecule has 9 heteroatoms. The number of hydrogen-bond acceptors (Lipinski definition) is 6. The topological polar surface area (TPSA) is 73.5 Å². The minimum Gasteiger partial charge on any atom is -0.497 e. The summed E-state index contributed by atoms with van der Waals surface area (Å²) in [4.78, 5) is 23.9. The number of rotatable bonds is 5. The molecule has 4 heterocycles. The molecule has 1 aliphatic rings. The van der Waals surface area contributed by atoms with Gasteiger partial charge in [0, 0.05) is 47.2 Å². The van der Waals surface area contributed by atoms with Crippen molar-refractivity contribution in [1.82, 2.24) is 18.9 Å². The van der Waals surface area contributed by atoms with Gasteiger partial charge in [-0.1, -0.05) is 35.2 Å². The number of imidazole rings is 2. The summed E-state index contributed by atoms with van der Waals surface area (Å²) in [5, 5.41) is 4.08. The van der Waals surface area contributed by atoms with Crippen molar-refractivity contribution in [3.63, 3.8) is 0 Å². The number of nitrogens with one attached hydrogen (secondary N) is 1. The first-order valence-electron chi connectivity index (χ1n) is 10.8. The summed E-state index contributed by atoms with van der Waals surface area (Å²) in [5.41, 5.74) is 5.48. The zero-order valence-corrected chi connectivity index (χ0v) is 20.2. The van der Waals surface area contributed by atoms with Crippen LogP contribution in [0.5, 0.6) is 5.75 Å². The van der Waals surface area contributed by atoms with Crippen LogP contribution in [0.1, 0.15) is 15.4 Å². The second-order valence-electron chi connectivity index (χ2n) is 8.01. The van der Waals surface area contributed by atoms with Crippen molar-refractivity contribution in [3.05, 3.63) is 71.5 Å². The third kappa shape index (κ3) is 3.66. The first kappa shape index (κ1) is 21.0. The molecule has 0 bridgehead atoms. The molecule has 7 nitrogen and oxygen atoms in total. The number of benzene rings is 2. The highest BCUT2D eigenvalue weighted by molar-refractivity contribution is 7.99. The highest BCUT2D eigenvalue weighted by Gasteiger charge is 2.19. The highest BCUT2D eigenvalue weighted by atomic mass is 32.2. The van der Waals surface area contributed by atoms with Crippen molar-refractivity contribution in [3.8, 4) is 28.3 Å². The summed E-state index contributed by atoms with van der Waals surface area (Å²) in [6, 6.07) is 15.6. The summed E-state index contributed by atoms with van der Waals surface area (Å²) in [6.45, 7) is 2.95. The Balaban J connectivity index is 1.20. The molecule has 6 rings (SSSR count). The lowest BCUT2D eigenvalue weighted by molar-refractivity contribution is 0.102. The molecular weight excluding hydrogens is 466 g/mol. The van der Waals surface area contributed by atoms with Crippen molar-refractivity contribution in [2.75, 3.05) is 18.2 Å². The Morgan fingerprint density at radius 1 is 1.00 bits per heavy atom. The molecule has 0 aliphatic carbocycles. The second-order valence-corrected chi connectivity index (χ2v) is 10.0. The van der Waals surface area contributed by atoms with Crippen LogP contribution in [0, 0.1) is 6.92 Å². The molecular formula is C25H21N5O2S2. The molecule has 1 amide bonds. The molecule has 0 saturated heterocycles. The Morgan fingerprint density at radius 2 is 1.71 bits per heavy atom. The van der Waals surface area contributed by atoms with Crippen LogP contribution in [-0.4, -0.2) is 37.7 Å². The van der Waals surface area contributed by atoms with E-state index in [0.29, 0.717) is 4.88 Å². The fraction of sp³-hybridized carbons (Fsp3) is 0.160. The zero-order chi connectivity index (χ0) is 23.2. The van der Waals surface area contributed by atoms with E-state index < -0.39 is 0 Å². The Labute approximate surface area is 204 Å². The fourth-order valence-electron chi connectivity index (χ4n) is 4.02. The van der Waals surface area contributed by atoms with E-state index in [1.807, 2.05) is 66.1 Å². The van der Waals surface area contributed by atoms with E-state index in [0.717, 1.165) is 62.1 Å². The summed E-state index contributed by atoms with van der Waals surface area (Å²) in [5.74, 6) is 1.76. The lowest BCUT2D eigenvalue weighted by Gasteiger charge is -2.05. The van der Waals surface area contributed by atoms with Crippen molar-refractivity contribution in [1.29, 1.82) is 0 Å². The number of anilines is 1. The van der Waals surface area contributed by atoms with E-state index in [4.69, 9.17) is 14.7 Å². The van der Waals surface area contributed by atoms with Gasteiger partial charge in [-0.05, 0) is 43.3 Å². The molecule has 3 aromatic heterocycles. The Bertz CT molecular complexity index is 1490. The summed E-state index contributed by atoms with van der Waals surface area (Å²) in [6.07, 6.45) is 4.06. The van der Waals surface area contributed by atoms with Gasteiger partial charge in [0.25, 0.3) is 5.91 Å². The molecule has 0 unspecified atom stereocenters. The van der Waals surface area contributed by atoms with Gasteiger partial charge in [-0.15, -0.1) is 0 Å². The lowest BCUT2D eigenvalue weighted by Crippen LogP contribution is -2.11. The number of fused-ring (bicyclic) bond motifs is 2. The van der Waals surface area contributed by atoms with E-state index in [-0.39, 0.29) is 5.91 Å². The van der Waals surface area contributed by atoms with Gasteiger partial charge in [0.05, 0.1) is 18.5 Å². The molecule has 0 spiro atoms. The molecule has 5 aromatic rings. The first-order valence-corrected chi connectivity index (χ1v) is 12.6. The van der Waals surface area contributed by atoms with Gasteiger partial charge in [0.15, 0.2) is 10.1 Å². The van der Waals surface area contributed by atoms with E-state index in [1.54, 1.807) is 18.9 Å². The second kappa shape index (κ2) is 8.34. The third-order valence-electron chi connectivity index (χ3n) is 5.89. The van der Waals surface area contributed by atoms with Gasteiger partial charge < -0.3 is 14.6 Å². The number of thioether (sulfide) groups is 1. The maximum Gasteiger partial charge on any atom is 0.267 e. The van der Waals surface area contributed by atoms with Gasteiger partial charge >= 0.3 is 0 Å². The molecule has 34 heavy (non-hydrogen) atoms. The zero-order valence-electron chi connectivity index (χ0n) is 18.6. The Morgan fingerprint density at radius 3 is 2.38 bits per heavy atom. The summed E-state index contributed by atoms with van der Waals surface area (Å²) in [7, 11) is 1.65. The monoisotopic (exact) mass is 487 g/mol. The quantitative estimate of drug-likeness (QED) is 0.349. The van der Waals surface area contributed by atoms with Gasteiger partial charge in [0.1, 0.15) is 10.6 Å². The molecule has 2 aromatic carbocycles. The van der Waals surface area contributed by atoms with Gasteiger partial charge in [0.2, 0.25) is 0 Å². The van der Waals surface area contributed by atoms with Crippen molar-refractivity contribution >= 4 is 39.7 Å². The molecule has 0 atom stereocenters. The summed E-state index contributed by atoms with van der Waals surface area (Å²) >= 11 is 3.17. The number of carbonyl (C=O) groups is 1. The Hall–Kier alpha value is -3.56. The first-order chi connectivity index (χ1) is 16.6. The molecule has 0 saturated carbocycles. The molecule has 0 fully saturated rings. The van der Waals surface area contributed by atoms with E-state index in [2.05, 4.69) is 16.1 Å². The number of methoxy groups -OCH3 is 1. The summed E-state index contributed by atoms with van der Waals surface area (Å²) < 4.78 is 9.38. The molecule has 1 aliphatic heterocycles. The van der Waals surface area contributed by atoms with Crippen LogP contribution >= 0.6 is 23.1 Å². The lowest BCUT2D eigenvalue weighted by atomic mass is 10.1. The predicted octanol–water partition coefficient (Wildman–Crippen LogP) is 5.60. The third-order valence-corrected chi connectivity index (χ3v) is 8.02. The SMILES string of the molecule is COc1ccc(-c2cn3c(C)c(C(=O)Nc4ccc(-c5cn6c(n5)SCC6)cc4)sc3n2)cc1. The minimum atomic E-state index is -0.135. The van der Waals surface area contributed by atoms with E-state index in [1.165, 1.54) is 11.3 Å². The number of thiazole rings is 1. The largest absolute Gasteiger partial charge is 0.497 e. The number of amides is 1. The number of aromatic nitrogens is 4. The number of aryl methyl sites for hydroxylation is 2. The van der Waals surface area contributed by atoms with Crippen LogP contribution < -0.4 is 10.1 Å². The van der Waals surface area contributed by atoms with Gasteiger partial charge in [-0.25, -0.2) is 9.97 Å². The standard InChI is InChI=1S/C25H21N5O2S2/c1-15-22(34-25-28-21(14-30(15)25)17-5-9-19(32-2)10-6-17)23(31)26-18-7-3-16(4-8-18)20-13-29-11-12-33-24(29)27-20/h3-10,13-14H,11-12H2,1-2H3,(H,26,31). The maximum absolute atomic E-state index is 13.0. The average molecular weight is 488 g/mol. The van der Waals surface area contributed by atoms with Crippen LogP contribution in [0.25, 0.3) is 27.5 Å². The smallest absolute Gasteiger partial charge is 0.267 e. The number of hydrogen-bond donors (Lipinski definition) is 1. The number of nitrogens with zero attached hydrogens (tertiary/aromatic N) is 4. The number of ether oxygens (including phenoxy) is 1. The Kier molecular flexibility index (Phi) is 5.15.